The summed E-state index contributed by atoms with van der Waals surface area (Å²) in [5.41, 5.74) is 9.26. The van der Waals surface area contributed by atoms with Crippen LogP contribution < -0.4 is 5.73 Å². The van der Waals surface area contributed by atoms with Crippen LogP contribution in [0.1, 0.15) is 57.6 Å². The normalized spacial score (nSPS) is 18.9. The molecule has 1 aromatic rings. The Morgan fingerprint density at radius 3 is 2.00 bits per heavy atom. The van der Waals surface area contributed by atoms with Crippen molar-refractivity contribution in [3.05, 3.63) is 35.4 Å². The Hall–Kier alpha value is -0.820. The Labute approximate surface area is 99.0 Å². The predicted octanol–water partition coefficient (Wildman–Crippen LogP) is 3.58. The summed E-state index contributed by atoms with van der Waals surface area (Å²) in [5.74, 6) is 0.602. The van der Waals surface area contributed by atoms with Crippen molar-refractivity contribution >= 4 is 0 Å². The lowest BCUT2D eigenvalue weighted by atomic mass is 9.75. The fraction of sp³-hybridized carbons (Fsp3) is 0.600. The smallest absolute Gasteiger partial charge is 0.0248 e. The first-order valence-corrected chi connectivity index (χ1v) is 6.26. The first-order chi connectivity index (χ1) is 7.37. The Balaban J connectivity index is 2.28. The van der Waals surface area contributed by atoms with Crippen molar-refractivity contribution in [2.24, 2.45) is 5.73 Å². The molecule has 0 spiro atoms. The SMILES string of the molecule is CC(C)c1ccc(C(C)(C)C2(N)CC2)cc1. The molecule has 1 heteroatoms. The second-order valence-electron chi connectivity index (χ2n) is 6.06. The highest BCUT2D eigenvalue weighted by atomic mass is 14.9. The number of benzene rings is 1. The molecule has 2 rings (SSSR count). The summed E-state index contributed by atoms with van der Waals surface area (Å²) >= 11 is 0. The number of hydrogen-bond acceptors (Lipinski definition) is 1. The molecule has 1 fully saturated rings. The van der Waals surface area contributed by atoms with Gasteiger partial charge in [0, 0.05) is 11.0 Å². The largest absolute Gasteiger partial charge is 0.324 e. The summed E-state index contributed by atoms with van der Waals surface area (Å²) in [6.45, 7) is 8.99. The Kier molecular flexibility index (Phi) is 2.62. The van der Waals surface area contributed by atoms with Gasteiger partial charge in [-0.1, -0.05) is 52.0 Å². The number of rotatable bonds is 3. The monoisotopic (exact) mass is 217 g/mol. The first kappa shape index (κ1) is 11.7. The lowest BCUT2D eigenvalue weighted by Crippen LogP contribution is -2.43. The number of hydrogen-bond donors (Lipinski definition) is 1. The van der Waals surface area contributed by atoms with Gasteiger partial charge in [0.05, 0.1) is 0 Å². The van der Waals surface area contributed by atoms with Crippen LogP contribution in [0.2, 0.25) is 0 Å². The quantitative estimate of drug-likeness (QED) is 0.823. The third-order valence-corrected chi connectivity index (χ3v) is 4.33. The van der Waals surface area contributed by atoms with Crippen LogP contribution in [0, 0.1) is 0 Å². The molecule has 1 aromatic carbocycles. The fourth-order valence-electron chi connectivity index (χ4n) is 2.33. The minimum atomic E-state index is 0.0341. The van der Waals surface area contributed by atoms with E-state index in [9.17, 15) is 0 Å². The second-order valence-corrected chi connectivity index (χ2v) is 6.06. The standard InChI is InChI=1S/C15H23N/c1-11(2)12-5-7-13(8-6-12)14(3,4)15(16)9-10-15/h5-8,11H,9-10,16H2,1-4H3. The van der Waals surface area contributed by atoms with E-state index in [2.05, 4.69) is 52.0 Å². The highest BCUT2D eigenvalue weighted by Gasteiger charge is 2.51. The molecule has 1 aliphatic carbocycles. The molecule has 0 atom stereocenters. The van der Waals surface area contributed by atoms with Gasteiger partial charge in [-0.05, 0) is 29.9 Å². The van der Waals surface area contributed by atoms with Gasteiger partial charge in [-0.2, -0.15) is 0 Å². The van der Waals surface area contributed by atoms with E-state index in [-0.39, 0.29) is 11.0 Å². The van der Waals surface area contributed by atoms with Crippen LogP contribution in [0.4, 0.5) is 0 Å². The molecule has 0 amide bonds. The fourth-order valence-corrected chi connectivity index (χ4v) is 2.33. The van der Waals surface area contributed by atoms with E-state index in [0.29, 0.717) is 5.92 Å². The summed E-state index contributed by atoms with van der Waals surface area (Å²) in [4.78, 5) is 0. The highest BCUT2D eigenvalue weighted by molar-refractivity contribution is 5.35. The van der Waals surface area contributed by atoms with Crippen LogP contribution in [0.15, 0.2) is 24.3 Å². The molecule has 16 heavy (non-hydrogen) atoms. The minimum absolute atomic E-state index is 0.0341. The van der Waals surface area contributed by atoms with E-state index in [4.69, 9.17) is 5.73 Å². The first-order valence-electron chi connectivity index (χ1n) is 6.26. The zero-order chi connectivity index (χ0) is 12.0. The average Bonchev–Trinajstić information content (AvgIpc) is 2.98. The van der Waals surface area contributed by atoms with Gasteiger partial charge < -0.3 is 5.73 Å². The van der Waals surface area contributed by atoms with Crippen molar-refractivity contribution in [3.8, 4) is 0 Å². The van der Waals surface area contributed by atoms with Crippen molar-refractivity contribution < 1.29 is 0 Å². The van der Waals surface area contributed by atoms with Crippen molar-refractivity contribution in [3.63, 3.8) is 0 Å². The van der Waals surface area contributed by atoms with E-state index in [1.807, 2.05) is 0 Å². The average molecular weight is 217 g/mol. The summed E-state index contributed by atoms with van der Waals surface area (Å²) in [5, 5.41) is 0. The molecule has 0 saturated heterocycles. The molecule has 88 valence electrons. The van der Waals surface area contributed by atoms with Crippen molar-refractivity contribution in [1.82, 2.24) is 0 Å². The van der Waals surface area contributed by atoms with E-state index < -0.39 is 0 Å². The molecule has 0 bridgehead atoms. The van der Waals surface area contributed by atoms with Crippen LogP contribution in [-0.2, 0) is 5.41 Å². The molecule has 0 heterocycles. The van der Waals surface area contributed by atoms with Crippen molar-refractivity contribution in [2.45, 2.75) is 57.4 Å². The van der Waals surface area contributed by atoms with Gasteiger partial charge in [0.15, 0.2) is 0 Å². The van der Waals surface area contributed by atoms with Crippen LogP contribution >= 0.6 is 0 Å². The summed E-state index contributed by atoms with van der Waals surface area (Å²) < 4.78 is 0. The van der Waals surface area contributed by atoms with Crippen LogP contribution in [0.25, 0.3) is 0 Å². The van der Waals surface area contributed by atoms with E-state index in [1.165, 1.54) is 11.1 Å². The van der Waals surface area contributed by atoms with Gasteiger partial charge in [0.2, 0.25) is 0 Å². The lowest BCUT2D eigenvalue weighted by Gasteiger charge is -2.32. The second kappa shape index (κ2) is 3.59. The van der Waals surface area contributed by atoms with E-state index in [0.717, 1.165) is 12.8 Å². The predicted molar refractivity (Wildman–Crippen MR) is 69.7 cm³/mol. The maximum Gasteiger partial charge on any atom is 0.0248 e. The van der Waals surface area contributed by atoms with Crippen LogP contribution in [0.3, 0.4) is 0 Å². The van der Waals surface area contributed by atoms with Gasteiger partial charge in [0.25, 0.3) is 0 Å². The highest BCUT2D eigenvalue weighted by Crippen LogP contribution is 2.49. The van der Waals surface area contributed by atoms with E-state index >= 15 is 0 Å². The molecule has 0 aliphatic heterocycles. The molecular weight excluding hydrogens is 194 g/mol. The molecule has 0 radical (unpaired) electrons. The maximum atomic E-state index is 6.35. The minimum Gasteiger partial charge on any atom is -0.324 e. The molecule has 1 aliphatic rings. The Bertz CT molecular complexity index is 369. The van der Waals surface area contributed by atoms with E-state index in [1.54, 1.807) is 0 Å². The number of nitrogens with two attached hydrogens (primary N) is 1. The lowest BCUT2D eigenvalue weighted by molar-refractivity contribution is 0.391. The van der Waals surface area contributed by atoms with Crippen molar-refractivity contribution in [1.29, 1.82) is 0 Å². The molecule has 1 saturated carbocycles. The molecule has 1 nitrogen and oxygen atoms in total. The summed E-state index contributed by atoms with van der Waals surface area (Å²) in [6.07, 6.45) is 2.32. The van der Waals surface area contributed by atoms with Gasteiger partial charge >= 0.3 is 0 Å². The van der Waals surface area contributed by atoms with Gasteiger partial charge in [-0.3, -0.25) is 0 Å². The Morgan fingerprint density at radius 2 is 1.62 bits per heavy atom. The van der Waals surface area contributed by atoms with Crippen molar-refractivity contribution in [2.75, 3.05) is 0 Å². The van der Waals surface area contributed by atoms with Gasteiger partial charge in [0.1, 0.15) is 0 Å². The third kappa shape index (κ3) is 1.78. The molecule has 0 unspecified atom stereocenters. The van der Waals surface area contributed by atoms with Gasteiger partial charge in [-0.15, -0.1) is 0 Å². The molecular formula is C15H23N. The molecule has 2 N–H and O–H groups in total. The zero-order valence-corrected chi connectivity index (χ0v) is 10.9. The van der Waals surface area contributed by atoms with Crippen LogP contribution in [0.5, 0.6) is 0 Å². The topological polar surface area (TPSA) is 26.0 Å². The molecule has 0 aromatic heterocycles. The Morgan fingerprint density at radius 1 is 1.12 bits per heavy atom. The third-order valence-electron chi connectivity index (χ3n) is 4.33. The maximum absolute atomic E-state index is 6.35. The summed E-state index contributed by atoms with van der Waals surface area (Å²) in [6, 6.07) is 8.99. The van der Waals surface area contributed by atoms with Crippen LogP contribution in [-0.4, -0.2) is 5.54 Å². The summed E-state index contributed by atoms with van der Waals surface area (Å²) in [7, 11) is 0. The zero-order valence-electron chi connectivity index (χ0n) is 10.9. The van der Waals surface area contributed by atoms with Gasteiger partial charge in [-0.25, -0.2) is 0 Å².